The Morgan fingerprint density at radius 1 is 0.800 bits per heavy atom. The van der Waals surface area contributed by atoms with E-state index >= 15 is 0 Å². The lowest BCUT2D eigenvalue weighted by Gasteiger charge is -1.97. The van der Waals surface area contributed by atoms with Gasteiger partial charge in [0.25, 0.3) is 0 Å². The highest BCUT2D eigenvalue weighted by Gasteiger charge is 2.09. The van der Waals surface area contributed by atoms with E-state index in [2.05, 4.69) is 72.5 Å². The maximum atomic E-state index is 3.53. The van der Waals surface area contributed by atoms with Gasteiger partial charge in [-0.2, -0.15) is 0 Å². The fourth-order valence-corrected chi connectivity index (χ4v) is 2.84. The summed E-state index contributed by atoms with van der Waals surface area (Å²) in [6.07, 6.45) is 2.08. The first-order valence-corrected chi connectivity index (χ1v) is 6.88. The second-order valence-corrected chi connectivity index (χ2v) is 5.53. The molecule has 2 aromatic carbocycles. The van der Waals surface area contributed by atoms with E-state index in [4.69, 9.17) is 0 Å². The predicted molar refractivity (Wildman–Crippen MR) is 85.1 cm³/mol. The van der Waals surface area contributed by atoms with Gasteiger partial charge in [0.2, 0.25) is 0 Å². The summed E-state index contributed by atoms with van der Waals surface area (Å²) in [7, 11) is 0. The molecule has 2 heterocycles. The van der Waals surface area contributed by atoms with E-state index in [0.717, 1.165) is 0 Å². The molecule has 0 spiro atoms. The molecule has 0 saturated carbocycles. The first-order valence-electron chi connectivity index (χ1n) is 6.88. The fraction of sp³-hybridized carbons (Fsp3) is 0.111. The van der Waals surface area contributed by atoms with Gasteiger partial charge < -0.3 is 9.97 Å². The Hall–Kier alpha value is -2.48. The van der Waals surface area contributed by atoms with Crippen LogP contribution in [0.25, 0.3) is 33.1 Å². The maximum absolute atomic E-state index is 3.53. The van der Waals surface area contributed by atoms with Crippen LogP contribution in [0.5, 0.6) is 0 Å². The Morgan fingerprint density at radius 2 is 1.60 bits per heavy atom. The van der Waals surface area contributed by atoms with Gasteiger partial charge in [-0.05, 0) is 43.7 Å². The van der Waals surface area contributed by atoms with Crippen LogP contribution in [0.4, 0.5) is 0 Å². The fourth-order valence-electron chi connectivity index (χ4n) is 2.84. The van der Waals surface area contributed by atoms with Crippen molar-refractivity contribution in [2.24, 2.45) is 0 Å². The number of H-pyrrole nitrogens is 2. The van der Waals surface area contributed by atoms with Gasteiger partial charge in [0, 0.05) is 39.3 Å². The van der Waals surface area contributed by atoms with Gasteiger partial charge in [0.15, 0.2) is 0 Å². The summed E-state index contributed by atoms with van der Waals surface area (Å²) in [4.78, 5) is 6.88. The third kappa shape index (κ3) is 1.65. The summed E-state index contributed by atoms with van der Waals surface area (Å²) in [5, 5.41) is 2.53. The summed E-state index contributed by atoms with van der Waals surface area (Å²) in [6.45, 7) is 4.25. The van der Waals surface area contributed by atoms with Crippen molar-refractivity contribution in [2.75, 3.05) is 0 Å². The standard InChI is InChI=1S/C18H16N2/c1-11-4-6-16-14(7-11)15(10-19-16)18-9-13-5-3-12(2)8-17(13)20-18/h3-10,19-20H,1-2H3. The number of aryl methyl sites for hydroxylation is 2. The van der Waals surface area contributed by atoms with E-state index in [1.165, 1.54) is 44.2 Å². The smallest absolute Gasteiger partial charge is 0.0486 e. The molecule has 2 nitrogen and oxygen atoms in total. The van der Waals surface area contributed by atoms with Crippen molar-refractivity contribution in [2.45, 2.75) is 13.8 Å². The lowest BCUT2D eigenvalue weighted by molar-refractivity contribution is 1.42. The average Bonchev–Trinajstić information content (AvgIpc) is 3.00. The minimum Gasteiger partial charge on any atom is -0.360 e. The molecule has 0 aliphatic carbocycles. The van der Waals surface area contributed by atoms with Crippen LogP contribution in [0.15, 0.2) is 48.7 Å². The van der Waals surface area contributed by atoms with Gasteiger partial charge in [-0.15, -0.1) is 0 Å². The molecule has 4 rings (SSSR count). The number of fused-ring (bicyclic) bond motifs is 2. The zero-order chi connectivity index (χ0) is 13.7. The maximum Gasteiger partial charge on any atom is 0.0486 e. The van der Waals surface area contributed by atoms with E-state index in [1.807, 2.05) is 0 Å². The average molecular weight is 260 g/mol. The molecule has 0 atom stereocenters. The lowest BCUT2D eigenvalue weighted by atomic mass is 10.1. The highest BCUT2D eigenvalue weighted by atomic mass is 14.7. The Kier molecular flexibility index (Phi) is 2.27. The first-order chi connectivity index (χ1) is 9.70. The van der Waals surface area contributed by atoms with Crippen LogP contribution in [0.2, 0.25) is 0 Å². The van der Waals surface area contributed by atoms with Crippen LogP contribution in [0.1, 0.15) is 11.1 Å². The molecule has 0 aliphatic heterocycles. The SMILES string of the molecule is Cc1ccc2cc(-c3c[nH]c4ccc(C)cc34)[nH]c2c1. The highest BCUT2D eigenvalue weighted by Crippen LogP contribution is 2.31. The molecule has 0 amide bonds. The normalized spacial score (nSPS) is 11.5. The number of aromatic nitrogens is 2. The Balaban J connectivity index is 1.98. The van der Waals surface area contributed by atoms with Crippen LogP contribution < -0.4 is 0 Å². The number of hydrogen-bond donors (Lipinski definition) is 2. The molecule has 0 fully saturated rings. The summed E-state index contributed by atoms with van der Waals surface area (Å²) in [6, 6.07) is 15.2. The minimum atomic E-state index is 1.17. The summed E-state index contributed by atoms with van der Waals surface area (Å²) in [5.41, 5.74) is 7.34. The Labute approximate surface area is 117 Å². The molecule has 0 aliphatic rings. The van der Waals surface area contributed by atoms with E-state index in [1.54, 1.807) is 0 Å². The van der Waals surface area contributed by atoms with Gasteiger partial charge >= 0.3 is 0 Å². The van der Waals surface area contributed by atoms with E-state index in [0.29, 0.717) is 0 Å². The number of hydrogen-bond acceptors (Lipinski definition) is 0. The lowest BCUT2D eigenvalue weighted by Crippen LogP contribution is -1.76. The molecule has 0 unspecified atom stereocenters. The quantitative estimate of drug-likeness (QED) is 0.486. The minimum absolute atomic E-state index is 1.17. The summed E-state index contributed by atoms with van der Waals surface area (Å²) >= 11 is 0. The van der Waals surface area contributed by atoms with Crippen molar-refractivity contribution < 1.29 is 0 Å². The monoisotopic (exact) mass is 260 g/mol. The van der Waals surface area contributed by atoms with Gasteiger partial charge in [-0.1, -0.05) is 23.8 Å². The molecule has 2 heteroatoms. The van der Waals surface area contributed by atoms with Crippen LogP contribution in [0.3, 0.4) is 0 Å². The van der Waals surface area contributed by atoms with E-state index in [9.17, 15) is 0 Å². The second kappa shape index (κ2) is 4.01. The third-order valence-electron chi connectivity index (χ3n) is 3.91. The highest BCUT2D eigenvalue weighted by molar-refractivity contribution is 5.98. The zero-order valence-electron chi connectivity index (χ0n) is 11.6. The van der Waals surface area contributed by atoms with E-state index < -0.39 is 0 Å². The summed E-state index contributed by atoms with van der Waals surface area (Å²) < 4.78 is 0. The molecule has 2 aromatic heterocycles. The predicted octanol–water partition coefficient (Wildman–Crippen LogP) is 4.93. The molecule has 0 bridgehead atoms. The molecule has 20 heavy (non-hydrogen) atoms. The van der Waals surface area contributed by atoms with Crippen molar-refractivity contribution in [3.63, 3.8) is 0 Å². The molecule has 0 saturated heterocycles. The van der Waals surface area contributed by atoms with Crippen LogP contribution in [-0.2, 0) is 0 Å². The number of nitrogens with one attached hydrogen (secondary N) is 2. The largest absolute Gasteiger partial charge is 0.360 e. The van der Waals surface area contributed by atoms with Crippen LogP contribution in [-0.4, -0.2) is 9.97 Å². The number of aromatic amines is 2. The summed E-state index contributed by atoms with van der Waals surface area (Å²) in [5.74, 6) is 0. The first kappa shape index (κ1) is 11.4. The molecule has 4 aromatic rings. The zero-order valence-corrected chi connectivity index (χ0v) is 11.6. The van der Waals surface area contributed by atoms with Crippen LogP contribution >= 0.6 is 0 Å². The Morgan fingerprint density at radius 3 is 2.50 bits per heavy atom. The van der Waals surface area contributed by atoms with Crippen LogP contribution in [0, 0.1) is 13.8 Å². The van der Waals surface area contributed by atoms with Crippen molar-refractivity contribution in [3.05, 3.63) is 59.8 Å². The van der Waals surface area contributed by atoms with Crippen molar-refractivity contribution in [3.8, 4) is 11.3 Å². The number of benzene rings is 2. The molecule has 98 valence electrons. The van der Waals surface area contributed by atoms with E-state index in [-0.39, 0.29) is 0 Å². The van der Waals surface area contributed by atoms with Gasteiger partial charge in [0.05, 0.1) is 0 Å². The van der Waals surface area contributed by atoms with Crippen molar-refractivity contribution in [1.29, 1.82) is 0 Å². The number of rotatable bonds is 1. The topological polar surface area (TPSA) is 31.6 Å². The van der Waals surface area contributed by atoms with Gasteiger partial charge in [0.1, 0.15) is 0 Å². The van der Waals surface area contributed by atoms with Crippen molar-refractivity contribution >= 4 is 21.8 Å². The Bertz CT molecular complexity index is 925. The second-order valence-electron chi connectivity index (χ2n) is 5.53. The molecular formula is C18H16N2. The third-order valence-corrected chi connectivity index (χ3v) is 3.91. The molecule has 2 N–H and O–H groups in total. The van der Waals surface area contributed by atoms with Gasteiger partial charge in [-0.3, -0.25) is 0 Å². The van der Waals surface area contributed by atoms with Gasteiger partial charge in [-0.25, -0.2) is 0 Å². The molecule has 0 radical (unpaired) electrons. The molecular weight excluding hydrogens is 244 g/mol. The van der Waals surface area contributed by atoms with Crippen molar-refractivity contribution in [1.82, 2.24) is 9.97 Å².